The second kappa shape index (κ2) is 13.3. The normalized spacial score (nSPS) is 12.5. The van der Waals surface area contributed by atoms with E-state index in [2.05, 4.69) is 5.32 Å². The van der Waals surface area contributed by atoms with Crippen LogP contribution in [0.4, 0.5) is 5.69 Å². The van der Waals surface area contributed by atoms with Gasteiger partial charge in [0.25, 0.3) is 10.0 Å². The van der Waals surface area contributed by atoms with Crippen LogP contribution in [0.2, 0.25) is 15.1 Å². The quantitative estimate of drug-likeness (QED) is 0.277. The number of anilines is 1. The summed E-state index contributed by atoms with van der Waals surface area (Å²) in [6, 6.07) is 18.2. The van der Waals surface area contributed by atoms with Gasteiger partial charge in [0, 0.05) is 22.1 Å². The van der Waals surface area contributed by atoms with Crippen LogP contribution in [0, 0.1) is 0 Å². The number of carbonyl (C=O) groups is 2. The van der Waals surface area contributed by atoms with Crippen LogP contribution in [0.3, 0.4) is 0 Å². The predicted molar refractivity (Wildman–Crippen MR) is 161 cm³/mol. The Morgan fingerprint density at radius 2 is 1.52 bits per heavy atom. The molecule has 0 unspecified atom stereocenters. The van der Waals surface area contributed by atoms with Gasteiger partial charge >= 0.3 is 0 Å². The van der Waals surface area contributed by atoms with Crippen LogP contribution in [0.5, 0.6) is 0 Å². The van der Waals surface area contributed by atoms with Gasteiger partial charge in [-0.2, -0.15) is 0 Å². The first-order valence-electron chi connectivity index (χ1n) is 12.6. The maximum absolute atomic E-state index is 14.1. The first kappa shape index (κ1) is 31.7. The molecule has 3 aromatic carbocycles. The molecule has 0 fully saturated rings. The van der Waals surface area contributed by atoms with E-state index < -0.39 is 34.1 Å². The molecule has 0 radical (unpaired) electrons. The number of halogens is 3. The molecular weight excluding hydrogens is 593 g/mol. The summed E-state index contributed by atoms with van der Waals surface area (Å²) in [5.41, 5.74) is 0.0923. The van der Waals surface area contributed by atoms with Crippen molar-refractivity contribution >= 4 is 62.3 Å². The number of hydrogen-bond acceptors (Lipinski definition) is 4. The molecule has 0 saturated carbocycles. The minimum Gasteiger partial charge on any atom is -0.350 e. The van der Waals surface area contributed by atoms with Crippen LogP contribution in [0.25, 0.3) is 0 Å². The Labute approximate surface area is 251 Å². The van der Waals surface area contributed by atoms with Crippen molar-refractivity contribution in [1.29, 1.82) is 0 Å². The van der Waals surface area contributed by atoms with Crippen LogP contribution in [0.15, 0.2) is 77.7 Å². The maximum atomic E-state index is 14.1. The number of amides is 2. The maximum Gasteiger partial charge on any atom is 0.264 e. The van der Waals surface area contributed by atoms with Crippen molar-refractivity contribution in [3.05, 3.63) is 93.4 Å². The second-order valence-corrected chi connectivity index (χ2v) is 13.3. The smallest absolute Gasteiger partial charge is 0.264 e. The molecule has 3 aromatic rings. The molecule has 0 aliphatic rings. The van der Waals surface area contributed by atoms with Crippen LogP contribution in [-0.4, -0.2) is 43.3 Å². The molecule has 1 N–H and O–H groups in total. The zero-order valence-corrected chi connectivity index (χ0v) is 25.8. The minimum atomic E-state index is -4.27. The van der Waals surface area contributed by atoms with Crippen molar-refractivity contribution in [1.82, 2.24) is 10.2 Å². The van der Waals surface area contributed by atoms with Crippen molar-refractivity contribution in [3.8, 4) is 0 Å². The average molecular weight is 625 g/mol. The Hall–Kier alpha value is -2.78. The van der Waals surface area contributed by atoms with Crippen LogP contribution >= 0.6 is 34.8 Å². The van der Waals surface area contributed by atoms with Gasteiger partial charge in [-0.05, 0) is 69.2 Å². The Morgan fingerprint density at radius 1 is 0.900 bits per heavy atom. The molecular formula is C29H32Cl3N3O4S. The largest absolute Gasteiger partial charge is 0.350 e. The monoisotopic (exact) mass is 623 g/mol. The van der Waals surface area contributed by atoms with Gasteiger partial charge in [-0.15, -0.1) is 0 Å². The van der Waals surface area contributed by atoms with E-state index in [9.17, 15) is 18.0 Å². The lowest BCUT2D eigenvalue weighted by Crippen LogP contribution is -2.55. The first-order valence-corrected chi connectivity index (χ1v) is 15.2. The highest BCUT2D eigenvalue weighted by atomic mass is 35.5. The van der Waals surface area contributed by atoms with Gasteiger partial charge in [0.2, 0.25) is 11.8 Å². The summed E-state index contributed by atoms with van der Waals surface area (Å²) in [5.74, 6) is -0.986. The number of nitrogens with one attached hydrogen (secondary N) is 1. The molecule has 40 heavy (non-hydrogen) atoms. The Bertz CT molecular complexity index is 1460. The van der Waals surface area contributed by atoms with E-state index >= 15 is 0 Å². The minimum absolute atomic E-state index is 0.0168. The Kier molecular flexibility index (Phi) is 10.5. The highest BCUT2D eigenvalue weighted by Crippen LogP contribution is 2.33. The number of sulfonamides is 1. The molecule has 0 aliphatic heterocycles. The lowest BCUT2D eigenvalue weighted by Gasteiger charge is -2.35. The van der Waals surface area contributed by atoms with Crippen LogP contribution < -0.4 is 9.62 Å². The number of carbonyl (C=O) groups excluding carboxylic acids is 2. The zero-order valence-electron chi connectivity index (χ0n) is 22.7. The summed E-state index contributed by atoms with van der Waals surface area (Å²) >= 11 is 19.1. The lowest BCUT2D eigenvalue weighted by molar-refractivity contribution is -0.141. The van der Waals surface area contributed by atoms with Gasteiger partial charge in [-0.1, -0.05) is 78.1 Å². The summed E-state index contributed by atoms with van der Waals surface area (Å²) < 4.78 is 28.7. The van der Waals surface area contributed by atoms with Crippen molar-refractivity contribution in [2.24, 2.45) is 0 Å². The summed E-state index contributed by atoms with van der Waals surface area (Å²) in [6.45, 7) is 6.65. The summed E-state index contributed by atoms with van der Waals surface area (Å²) in [5, 5.41) is 3.67. The molecule has 0 saturated heterocycles. The molecule has 214 valence electrons. The van der Waals surface area contributed by atoms with Crippen LogP contribution in [-0.2, 0) is 26.2 Å². The fraction of sp³-hybridized carbons (Fsp3) is 0.310. The number of nitrogens with zero attached hydrogens (tertiary/aromatic N) is 2. The highest BCUT2D eigenvalue weighted by molar-refractivity contribution is 7.92. The third-order valence-corrected chi connectivity index (χ3v) is 8.67. The first-order chi connectivity index (χ1) is 18.7. The molecule has 3 rings (SSSR count). The van der Waals surface area contributed by atoms with Gasteiger partial charge in [0.15, 0.2) is 0 Å². The molecule has 0 heterocycles. The molecule has 0 aliphatic carbocycles. The van der Waals surface area contributed by atoms with E-state index in [1.807, 2.05) is 20.8 Å². The van der Waals surface area contributed by atoms with Crippen molar-refractivity contribution in [3.63, 3.8) is 0 Å². The summed E-state index contributed by atoms with van der Waals surface area (Å²) in [6.07, 6.45) is 0.279. The molecule has 0 bridgehead atoms. The SMILES string of the molecule is CC[C@H](C(=O)NC(C)(C)C)N(Cc1ccccc1Cl)C(=O)CN(c1cc(Cl)ccc1Cl)S(=O)(=O)c1ccccc1. The summed E-state index contributed by atoms with van der Waals surface area (Å²) in [4.78, 5) is 28.8. The third-order valence-electron chi connectivity index (χ3n) is 5.97. The second-order valence-electron chi connectivity index (χ2n) is 10.2. The zero-order chi connectivity index (χ0) is 29.7. The van der Waals surface area contributed by atoms with Gasteiger partial charge < -0.3 is 10.2 Å². The van der Waals surface area contributed by atoms with E-state index in [0.29, 0.717) is 10.6 Å². The molecule has 0 aromatic heterocycles. The molecule has 2 amide bonds. The fourth-order valence-electron chi connectivity index (χ4n) is 4.09. The van der Waals surface area contributed by atoms with Gasteiger partial charge in [-0.3, -0.25) is 13.9 Å². The topological polar surface area (TPSA) is 86.8 Å². The highest BCUT2D eigenvalue weighted by Gasteiger charge is 2.35. The van der Waals surface area contributed by atoms with Gasteiger partial charge in [0.05, 0.1) is 15.6 Å². The molecule has 0 spiro atoms. The Balaban J connectivity index is 2.12. The number of rotatable bonds is 10. The van der Waals surface area contributed by atoms with Crippen LogP contribution in [0.1, 0.15) is 39.7 Å². The van der Waals surface area contributed by atoms with Gasteiger partial charge in [0.1, 0.15) is 12.6 Å². The average Bonchev–Trinajstić information content (AvgIpc) is 2.89. The lowest BCUT2D eigenvalue weighted by atomic mass is 10.1. The van der Waals surface area contributed by atoms with Crippen molar-refractivity contribution in [2.75, 3.05) is 10.8 Å². The van der Waals surface area contributed by atoms with E-state index in [-0.39, 0.29) is 39.5 Å². The van der Waals surface area contributed by atoms with E-state index in [0.717, 1.165) is 4.31 Å². The van der Waals surface area contributed by atoms with E-state index in [4.69, 9.17) is 34.8 Å². The predicted octanol–water partition coefficient (Wildman–Crippen LogP) is 6.56. The fourth-order valence-corrected chi connectivity index (χ4v) is 6.17. The van der Waals surface area contributed by atoms with Crippen molar-refractivity contribution in [2.45, 2.75) is 57.1 Å². The van der Waals surface area contributed by atoms with Crippen molar-refractivity contribution < 1.29 is 18.0 Å². The van der Waals surface area contributed by atoms with E-state index in [1.165, 1.54) is 35.2 Å². The summed E-state index contributed by atoms with van der Waals surface area (Å²) in [7, 11) is -4.27. The molecule has 1 atom stereocenters. The number of hydrogen-bond donors (Lipinski definition) is 1. The number of benzene rings is 3. The molecule has 7 nitrogen and oxygen atoms in total. The van der Waals surface area contributed by atoms with Gasteiger partial charge in [-0.25, -0.2) is 8.42 Å². The van der Waals surface area contributed by atoms with E-state index in [1.54, 1.807) is 49.4 Å². The third kappa shape index (κ3) is 7.91. The Morgan fingerprint density at radius 3 is 2.12 bits per heavy atom. The molecule has 11 heteroatoms. The standard InChI is InChI=1S/C29H32Cl3N3O4S/c1-5-25(28(37)33-29(2,3)4)34(18-20-11-9-10-14-23(20)31)27(36)19-35(26-17-21(30)15-16-24(26)32)40(38,39)22-12-7-6-8-13-22/h6-17,25H,5,18-19H2,1-4H3,(H,33,37)/t25-/m1/s1.